The maximum atomic E-state index is 10.2. The summed E-state index contributed by atoms with van der Waals surface area (Å²) in [5.41, 5.74) is 1.78. The third kappa shape index (κ3) is 3.23. The Balaban J connectivity index is 2.17. The van der Waals surface area contributed by atoms with Gasteiger partial charge < -0.3 is 14.6 Å². The van der Waals surface area contributed by atoms with Gasteiger partial charge in [0.1, 0.15) is 0 Å². The molecule has 0 aliphatic rings. The summed E-state index contributed by atoms with van der Waals surface area (Å²) in [6, 6.07) is 9.22. The predicted octanol–water partition coefficient (Wildman–Crippen LogP) is 2.37. The van der Waals surface area contributed by atoms with E-state index in [1.54, 1.807) is 38.7 Å². The minimum absolute atomic E-state index is 0.517. The highest BCUT2D eigenvalue weighted by molar-refractivity contribution is 5.43. The second-order valence-electron chi connectivity index (χ2n) is 4.20. The van der Waals surface area contributed by atoms with Crippen LogP contribution in [0.25, 0.3) is 0 Å². The summed E-state index contributed by atoms with van der Waals surface area (Å²) < 4.78 is 10.4. The molecule has 4 nitrogen and oxygen atoms in total. The molecule has 100 valence electrons. The highest BCUT2D eigenvalue weighted by Crippen LogP contribution is 2.30. The first-order chi connectivity index (χ1) is 9.24. The Hall–Kier alpha value is -2.07. The van der Waals surface area contributed by atoms with E-state index < -0.39 is 6.10 Å². The number of rotatable bonds is 5. The Morgan fingerprint density at radius 2 is 1.95 bits per heavy atom. The van der Waals surface area contributed by atoms with Crippen molar-refractivity contribution in [1.29, 1.82) is 0 Å². The first-order valence-corrected chi connectivity index (χ1v) is 6.03. The lowest BCUT2D eigenvalue weighted by atomic mass is 10.0. The average Bonchev–Trinajstić information content (AvgIpc) is 2.47. The van der Waals surface area contributed by atoms with Gasteiger partial charge in [0.15, 0.2) is 11.5 Å². The molecule has 0 fully saturated rings. The maximum absolute atomic E-state index is 10.2. The Morgan fingerprint density at radius 3 is 2.58 bits per heavy atom. The van der Waals surface area contributed by atoms with Gasteiger partial charge in [-0.25, -0.2) is 0 Å². The Labute approximate surface area is 112 Å². The summed E-state index contributed by atoms with van der Waals surface area (Å²) in [5, 5.41) is 10.2. The van der Waals surface area contributed by atoms with E-state index >= 15 is 0 Å². The lowest BCUT2D eigenvalue weighted by molar-refractivity contribution is 0.177. The topological polar surface area (TPSA) is 51.6 Å². The van der Waals surface area contributed by atoms with Crippen LogP contribution in [0.4, 0.5) is 0 Å². The van der Waals surface area contributed by atoms with Crippen molar-refractivity contribution in [3.63, 3.8) is 0 Å². The Bertz CT molecular complexity index is 528. The zero-order valence-electron chi connectivity index (χ0n) is 11.0. The number of aliphatic hydroxyl groups excluding tert-OH is 1. The molecule has 2 aromatic rings. The lowest BCUT2D eigenvalue weighted by Gasteiger charge is -2.14. The first-order valence-electron chi connectivity index (χ1n) is 6.03. The number of hydrogen-bond acceptors (Lipinski definition) is 4. The number of methoxy groups -OCH3 is 2. The Kier molecular flexibility index (Phi) is 4.36. The molecule has 19 heavy (non-hydrogen) atoms. The minimum atomic E-state index is -0.594. The smallest absolute Gasteiger partial charge is 0.161 e. The molecule has 4 heteroatoms. The second-order valence-corrected chi connectivity index (χ2v) is 4.20. The van der Waals surface area contributed by atoms with Crippen LogP contribution in [0.15, 0.2) is 42.7 Å². The first kappa shape index (κ1) is 13.4. The second kappa shape index (κ2) is 6.20. The van der Waals surface area contributed by atoms with E-state index in [-0.39, 0.29) is 0 Å². The van der Waals surface area contributed by atoms with Crippen molar-refractivity contribution < 1.29 is 14.6 Å². The lowest BCUT2D eigenvalue weighted by Crippen LogP contribution is -2.03. The monoisotopic (exact) mass is 259 g/mol. The molecule has 0 aliphatic carbocycles. The average molecular weight is 259 g/mol. The number of aliphatic hydroxyl groups is 1. The van der Waals surface area contributed by atoms with Crippen LogP contribution in [-0.4, -0.2) is 24.3 Å². The van der Waals surface area contributed by atoms with Gasteiger partial charge in [-0.2, -0.15) is 0 Å². The van der Waals surface area contributed by atoms with Gasteiger partial charge >= 0.3 is 0 Å². The van der Waals surface area contributed by atoms with E-state index in [1.807, 2.05) is 18.2 Å². The van der Waals surface area contributed by atoms with Crippen molar-refractivity contribution in [3.8, 4) is 11.5 Å². The van der Waals surface area contributed by atoms with Crippen LogP contribution in [0.1, 0.15) is 17.2 Å². The molecule has 1 N–H and O–H groups in total. The highest BCUT2D eigenvalue weighted by Gasteiger charge is 2.12. The number of nitrogens with zero attached hydrogens (tertiary/aromatic N) is 1. The van der Waals surface area contributed by atoms with Crippen LogP contribution in [0.5, 0.6) is 11.5 Å². The number of ether oxygens (including phenoxy) is 2. The van der Waals surface area contributed by atoms with Crippen LogP contribution >= 0.6 is 0 Å². The summed E-state index contributed by atoms with van der Waals surface area (Å²) in [6.07, 6.45) is 3.39. The molecule has 0 radical (unpaired) electrons. The maximum Gasteiger partial charge on any atom is 0.161 e. The number of pyridine rings is 1. The minimum Gasteiger partial charge on any atom is -0.493 e. The van der Waals surface area contributed by atoms with Crippen molar-refractivity contribution in [2.24, 2.45) is 0 Å². The summed E-state index contributed by atoms with van der Waals surface area (Å²) in [4.78, 5) is 4.04. The Morgan fingerprint density at radius 1 is 1.16 bits per heavy atom. The largest absolute Gasteiger partial charge is 0.493 e. The van der Waals surface area contributed by atoms with Crippen molar-refractivity contribution in [2.45, 2.75) is 12.5 Å². The van der Waals surface area contributed by atoms with E-state index in [4.69, 9.17) is 9.47 Å². The third-order valence-corrected chi connectivity index (χ3v) is 2.94. The van der Waals surface area contributed by atoms with Gasteiger partial charge in [0, 0.05) is 18.8 Å². The molecule has 1 unspecified atom stereocenters. The summed E-state index contributed by atoms with van der Waals surface area (Å²) in [5.74, 6) is 1.27. The number of aromatic nitrogens is 1. The van der Waals surface area contributed by atoms with E-state index in [0.29, 0.717) is 17.9 Å². The molecule has 1 atom stereocenters. The fourth-order valence-electron chi connectivity index (χ4n) is 1.92. The molecule has 1 aromatic heterocycles. The molecule has 0 bridgehead atoms. The summed E-state index contributed by atoms with van der Waals surface area (Å²) in [7, 11) is 3.17. The van der Waals surface area contributed by atoms with Crippen molar-refractivity contribution in [2.75, 3.05) is 14.2 Å². The van der Waals surface area contributed by atoms with Crippen molar-refractivity contribution in [1.82, 2.24) is 4.98 Å². The fourth-order valence-corrected chi connectivity index (χ4v) is 1.92. The molecular weight excluding hydrogens is 242 g/mol. The quantitative estimate of drug-likeness (QED) is 0.895. The van der Waals surface area contributed by atoms with Gasteiger partial charge in [-0.3, -0.25) is 4.98 Å². The van der Waals surface area contributed by atoms with E-state index in [2.05, 4.69) is 4.98 Å². The van der Waals surface area contributed by atoms with E-state index in [0.717, 1.165) is 11.1 Å². The normalized spacial score (nSPS) is 11.9. The van der Waals surface area contributed by atoms with Gasteiger partial charge in [0.2, 0.25) is 0 Å². The molecule has 0 saturated heterocycles. The molecule has 0 amide bonds. The van der Waals surface area contributed by atoms with Gasteiger partial charge in [0.25, 0.3) is 0 Å². The summed E-state index contributed by atoms with van der Waals surface area (Å²) >= 11 is 0. The molecule has 1 aromatic carbocycles. The van der Waals surface area contributed by atoms with E-state index in [1.165, 1.54) is 0 Å². The number of benzene rings is 1. The zero-order valence-corrected chi connectivity index (χ0v) is 11.0. The zero-order chi connectivity index (χ0) is 13.7. The van der Waals surface area contributed by atoms with Gasteiger partial charge in [-0.1, -0.05) is 12.1 Å². The standard InChI is InChI=1S/C15H17NO3/c1-18-14-6-5-12(9-15(14)19-2)13(17)8-11-4-3-7-16-10-11/h3-7,9-10,13,17H,8H2,1-2H3. The predicted molar refractivity (Wildman–Crippen MR) is 72.4 cm³/mol. The van der Waals surface area contributed by atoms with Crippen molar-refractivity contribution >= 4 is 0 Å². The SMILES string of the molecule is COc1ccc(C(O)Cc2cccnc2)cc1OC. The third-order valence-electron chi connectivity index (χ3n) is 2.94. The van der Waals surface area contributed by atoms with Crippen LogP contribution < -0.4 is 9.47 Å². The fraction of sp³-hybridized carbons (Fsp3) is 0.267. The molecular formula is C15H17NO3. The van der Waals surface area contributed by atoms with E-state index in [9.17, 15) is 5.11 Å². The van der Waals surface area contributed by atoms with Crippen LogP contribution in [0.3, 0.4) is 0 Å². The van der Waals surface area contributed by atoms with Crippen LogP contribution in [-0.2, 0) is 6.42 Å². The van der Waals surface area contributed by atoms with Crippen LogP contribution in [0.2, 0.25) is 0 Å². The molecule has 1 heterocycles. The van der Waals surface area contributed by atoms with Gasteiger partial charge in [0.05, 0.1) is 20.3 Å². The molecule has 0 saturated carbocycles. The van der Waals surface area contributed by atoms with Crippen LogP contribution in [0, 0.1) is 0 Å². The molecule has 2 rings (SSSR count). The highest BCUT2D eigenvalue weighted by atomic mass is 16.5. The summed E-state index contributed by atoms with van der Waals surface area (Å²) in [6.45, 7) is 0. The van der Waals surface area contributed by atoms with Crippen molar-refractivity contribution in [3.05, 3.63) is 53.9 Å². The van der Waals surface area contributed by atoms with Gasteiger partial charge in [-0.05, 0) is 29.3 Å². The molecule has 0 aliphatic heterocycles. The number of hydrogen-bond donors (Lipinski definition) is 1. The van der Waals surface area contributed by atoms with Gasteiger partial charge in [-0.15, -0.1) is 0 Å². The molecule has 0 spiro atoms.